The molecule has 1 heterocycles. The number of carbonyl (C=O) groups is 1. The summed E-state index contributed by atoms with van der Waals surface area (Å²) in [4.78, 5) is 12.7. The van der Waals surface area contributed by atoms with Crippen LogP contribution in [0.15, 0.2) is 29.4 Å². The molecule has 1 N–H and O–H groups in total. The highest BCUT2D eigenvalue weighted by atomic mass is 19.4. The molecule has 1 fully saturated rings. The number of amides is 1. The number of carbonyl (C=O) groups excluding carboxylic acids is 1. The summed E-state index contributed by atoms with van der Waals surface area (Å²) in [5.41, 5.74) is -3.75. The zero-order chi connectivity index (χ0) is 20.9. The highest BCUT2D eigenvalue weighted by molar-refractivity contribution is 5.99. The third kappa shape index (κ3) is 3.21. The molecule has 0 bridgehead atoms. The van der Waals surface area contributed by atoms with Gasteiger partial charge in [0, 0.05) is 11.3 Å². The minimum atomic E-state index is -5.11. The number of aliphatic hydroxyl groups is 1. The first-order valence-corrected chi connectivity index (χ1v) is 9.38. The van der Waals surface area contributed by atoms with Gasteiger partial charge >= 0.3 is 6.18 Å². The van der Waals surface area contributed by atoms with Crippen LogP contribution >= 0.6 is 0 Å². The number of hydrogen-bond donors (Lipinski definition) is 1. The second-order valence-corrected chi connectivity index (χ2v) is 8.31. The molecule has 28 heavy (non-hydrogen) atoms. The van der Waals surface area contributed by atoms with Gasteiger partial charge < -0.3 is 5.11 Å². The molecule has 1 saturated carbocycles. The smallest absolute Gasteiger partial charge is 0.362 e. The Morgan fingerprint density at radius 1 is 1.36 bits per heavy atom. The molecule has 4 nitrogen and oxygen atoms in total. The Kier molecular flexibility index (Phi) is 5.06. The minimum Gasteiger partial charge on any atom is -0.362 e. The van der Waals surface area contributed by atoms with Crippen molar-refractivity contribution in [3.8, 4) is 0 Å². The molecule has 1 aliphatic heterocycles. The zero-order valence-corrected chi connectivity index (χ0v) is 16.1. The first-order valence-electron chi connectivity index (χ1n) is 9.38. The van der Waals surface area contributed by atoms with Crippen LogP contribution in [0.5, 0.6) is 0 Å². The van der Waals surface area contributed by atoms with Crippen molar-refractivity contribution in [2.45, 2.75) is 58.4 Å². The maximum absolute atomic E-state index is 14.0. The van der Waals surface area contributed by atoms with Crippen LogP contribution in [0.1, 0.15) is 56.8 Å². The standard InChI is InChI=1S/C20H24F4N2O2/c1-4-18(2,3)13-8-9-16-15(11-13)19(28,20(22,23)24)26(25-16)17(27)12-6-5-7-14(21)10-12/h5-7,10,13,15,28H,4,8-9,11H2,1-3H3/t13-,15+,19+/m1/s1. The summed E-state index contributed by atoms with van der Waals surface area (Å²) < 4.78 is 55.6. The van der Waals surface area contributed by atoms with Gasteiger partial charge in [-0.15, -0.1) is 0 Å². The Bertz CT molecular complexity index is 806. The van der Waals surface area contributed by atoms with E-state index in [1.54, 1.807) is 0 Å². The quantitative estimate of drug-likeness (QED) is 0.745. The largest absolute Gasteiger partial charge is 0.439 e. The van der Waals surface area contributed by atoms with Gasteiger partial charge in [-0.25, -0.2) is 4.39 Å². The molecule has 3 rings (SSSR count). The Balaban J connectivity index is 2.01. The lowest BCUT2D eigenvalue weighted by molar-refractivity contribution is -0.314. The Hall–Kier alpha value is -1.96. The topological polar surface area (TPSA) is 52.9 Å². The monoisotopic (exact) mass is 400 g/mol. The molecular formula is C20H24F4N2O2. The van der Waals surface area contributed by atoms with Gasteiger partial charge in [-0.1, -0.05) is 33.3 Å². The number of hydrogen-bond acceptors (Lipinski definition) is 3. The number of fused-ring (bicyclic) bond motifs is 1. The molecule has 2 aliphatic rings. The van der Waals surface area contributed by atoms with E-state index in [0.29, 0.717) is 6.42 Å². The zero-order valence-electron chi connectivity index (χ0n) is 16.1. The second-order valence-electron chi connectivity index (χ2n) is 8.31. The molecule has 0 saturated heterocycles. The molecular weight excluding hydrogens is 376 g/mol. The molecule has 0 radical (unpaired) electrons. The summed E-state index contributed by atoms with van der Waals surface area (Å²) in [5.74, 6) is -3.29. The minimum absolute atomic E-state index is 0.0421. The molecule has 8 heteroatoms. The van der Waals surface area contributed by atoms with Crippen LogP contribution in [0.3, 0.4) is 0 Å². The summed E-state index contributed by atoms with van der Waals surface area (Å²) in [7, 11) is 0. The van der Waals surface area contributed by atoms with Crippen molar-refractivity contribution in [2.24, 2.45) is 22.4 Å². The van der Waals surface area contributed by atoms with Gasteiger partial charge in [0.15, 0.2) is 0 Å². The fourth-order valence-electron chi connectivity index (χ4n) is 4.16. The van der Waals surface area contributed by atoms with E-state index in [1.807, 2.05) is 20.8 Å². The number of benzene rings is 1. The highest BCUT2D eigenvalue weighted by Gasteiger charge is 2.69. The number of halogens is 4. The van der Waals surface area contributed by atoms with E-state index in [-0.39, 0.29) is 40.5 Å². The molecule has 0 aromatic heterocycles. The van der Waals surface area contributed by atoms with Gasteiger partial charge in [0.25, 0.3) is 11.6 Å². The maximum atomic E-state index is 14.0. The van der Waals surface area contributed by atoms with E-state index in [4.69, 9.17) is 0 Å². The highest BCUT2D eigenvalue weighted by Crippen LogP contribution is 2.52. The van der Waals surface area contributed by atoms with Gasteiger partial charge in [0.05, 0.1) is 5.92 Å². The van der Waals surface area contributed by atoms with Crippen LogP contribution < -0.4 is 0 Å². The van der Waals surface area contributed by atoms with Gasteiger partial charge in [-0.2, -0.15) is 23.3 Å². The van der Waals surface area contributed by atoms with Crippen LogP contribution in [-0.4, -0.2) is 33.6 Å². The van der Waals surface area contributed by atoms with E-state index in [1.165, 1.54) is 12.1 Å². The third-order valence-corrected chi connectivity index (χ3v) is 6.41. The van der Waals surface area contributed by atoms with E-state index in [0.717, 1.165) is 18.6 Å². The summed E-state index contributed by atoms with van der Waals surface area (Å²) >= 11 is 0. The van der Waals surface area contributed by atoms with Gasteiger partial charge in [-0.3, -0.25) is 4.79 Å². The SMILES string of the molecule is CCC(C)(C)[C@@H]1CCC2=NN(C(=O)c3cccc(F)c3)[C@@](O)(C(F)(F)F)[C@H]2C1. The summed E-state index contributed by atoms with van der Waals surface area (Å²) in [5, 5.41) is 14.8. The van der Waals surface area contributed by atoms with E-state index < -0.39 is 29.5 Å². The van der Waals surface area contributed by atoms with Gasteiger partial charge in [-0.05, 0) is 48.8 Å². The van der Waals surface area contributed by atoms with Crippen LogP contribution in [0.2, 0.25) is 0 Å². The van der Waals surface area contributed by atoms with Crippen LogP contribution in [0.25, 0.3) is 0 Å². The van der Waals surface area contributed by atoms with Crippen LogP contribution in [-0.2, 0) is 0 Å². The predicted octanol–water partition coefficient (Wildman–Crippen LogP) is 4.74. The molecule has 3 atom stereocenters. The fourth-order valence-corrected chi connectivity index (χ4v) is 4.16. The molecule has 0 spiro atoms. The summed E-state index contributed by atoms with van der Waals surface area (Å²) in [6.07, 6.45) is -3.31. The fraction of sp³-hybridized carbons (Fsp3) is 0.600. The number of hydrazone groups is 1. The number of nitrogens with zero attached hydrogens (tertiary/aromatic N) is 2. The predicted molar refractivity (Wildman–Crippen MR) is 95.9 cm³/mol. The van der Waals surface area contributed by atoms with Crippen molar-refractivity contribution in [1.29, 1.82) is 0 Å². The molecule has 1 amide bonds. The Morgan fingerprint density at radius 3 is 2.61 bits per heavy atom. The average Bonchev–Trinajstić information content (AvgIpc) is 2.94. The van der Waals surface area contributed by atoms with Crippen LogP contribution in [0.4, 0.5) is 17.6 Å². The molecule has 0 unspecified atom stereocenters. The maximum Gasteiger partial charge on any atom is 0.439 e. The van der Waals surface area contributed by atoms with Crippen molar-refractivity contribution < 1.29 is 27.5 Å². The molecule has 1 aromatic carbocycles. The van der Waals surface area contributed by atoms with Gasteiger partial charge in [0.1, 0.15) is 5.82 Å². The summed E-state index contributed by atoms with van der Waals surface area (Å²) in [6.45, 7) is 5.97. The summed E-state index contributed by atoms with van der Waals surface area (Å²) in [6, 6.07) is 4.35. The van der Waals surface area contributed by atoms with E-state index in [9.17, 15) is 27.5 Å². The second kappa shape index (κ2) is 6.83. The van der Waals surface area contributed by atoms with Crippen molar-refractivity contribution in [2.75, 3.05) is 0 Å². The number of alkyl halides is 3. The normalized spacial score (nSPS) is 28.1. The average molecular weight is 400 g/mol. The van der Waals surface area contributed by atoms with Crippen molar-refractivity contribution in [3.05, 3.63) is 35.6 Å². The first-order chi connectivity index (χ1) is 12.9. The lowest BCUT2D eigenvalue weighted by Gasteiger charge is -2.43. The number of rotatable bonds is 3. The molecule has 154 valence electrons. The lowest BCUT2D eigenvalue weighted by Crippen LogP contribution is -2.62. The van der Waals surface area contributed by atoms with Crippen molar-refractivity contribution in [3.63, 3.8) is 0 Å². The van der Waals surface area contributed by atoms with Crippen LogP contribution in [0, 0.1) is 23.1 Å². The van der Waals surface area contributed by atoms with E-state index in [2.05, 4.69) is 5.10 Å². The van der Waals surface area contributed by atoms with Gasteiger partial charge in [0.2, 0.25) is 0 Å². The Morgan fingerprint density at radius 2 is 2.04 bits per heavy atom. The van der Waals surface area contributed by atoms with Crippen molar-refractivity contribution in [1.82, 2.24) is 5.01 Å². The lowest BCUT2D eigenvalue weighted by atomic mass is 9.64. The third-order valence-electron chi connectivity index (χ3n) is 6.41. The van der Waals surface area contributed by atoms with E-state index >= 15 is 0 Å². The molecule has 1 aliphatic carbocycles. The molecule has 1 aromatic rings. The first kappa shape index (κ1) is 20.8. The van der Waals surface area contributed by atoms with Crippen molar-refractivity contribution >= 4 is 11.6 Å². The Labute approximate surface area is 161 Å².